The van der Waals surface area contributed by atoms with Gasteiger partial charge in [-0.2, -0.15) is 0 Å². The van der Waals surface area contributed by atoms with Crippen molar-refractivity contribution >= 4 is 0 Å². The number of rotatable bonds is 4. The standard InChI is InChI=1S/C14H22N2/c15-12-14(16-9-5-2-6-10-16)11-13-7-3-1-4-8-13/h1,3-4,7-8,14H,2,5-6,9-12,15H2. The first-order chi connectivity index (χ1) is 7.90. The minimum atomic E-state index is 0.530. The van der Waals surface area contributed by atoms with Crippen LogP contribution in [0, 0.1) is 0 Å². The first kappa shape index (κ1) is 11.6. The van der Waals surface area contributed by atoms with Crippen molar-refractivity contribution in [3.63, 3.8) is 0 Å². The quantitative estimate of drug-likeness (QED) is 0.838. The molecule has 2 heteroatoms. The van der Waals surface area contributed by atoms with Gasteiger partial charge in [0.2, 0.25) is 0 Å². The van der Waals surface area contributed by atoms with E-state index in [2.05, 4.69) is 35.2 Å². The van der Waals surface area contributed by atoms with Gasteiger partial charge in [0.05, 0.1) is 0 Å². The second-order valence-electron chi connectivity index (χ2n) is 4.68. The predicted octanol–water partition coefficient (Wildman–Crippen LogP) is 2.04. The normalized spacial score (nSPS) is 19.6. The third-order valence-electron chi connectivity index (χ3n) is 3.49. The summed E-state index contributed by atoms with van der Waals surface area (Å²) >= 11 is 0. The zero-order valence-electron chi connectivity index (χ0n) is 9.94. The lowest BCUT2D eigenvalue weighted by molar-refractivity contribution is 0.166. The van der Waals surface area contributed by atoms with Crippen molar-refractivity contribution in [2.24, 2.45) is 5.73 Å². The Kier molecular flexibility index (Phi) is 4.37. The van der Waals surface area contributed by atoms with Gasteiger partial charge in [-0.05, 0) is 37.9 Å². The van der Waals surface area contributed by atoms with Crippen LogP contribution in [0.25, 0.3) is 0 Å². The summed E-state index contributed by atoms with van der Waals surface area (Å²) in [5.41, 5.74) is 7.32. The van der Waals surface area contributed by atoms with E-state index in [4.69, 9.17) is 5.73 Å². The summed E-state index contributed by atoms with van der Waals surface area (Å²) in [6.45, 7) is 3.23. The molecule has 0 bridgehead atoms. The average molecular weight is 218 g/mol. The number of hydrogen-bond acceptors (Lipinski definition) is 2. The van der Waals surface area contributed by atoms with E-state index in [1.165, 1.54) is 37.9 Å². The number of likely N-dealkylation sites (tertiary alicyclic amines) is 1. The van der Waals surface area contributed by atoms with Gasteiger partial charge in [0, 0.05) is 12.6 Å². The Hall–Kier alpha value is -0.860. The lowest BCUT2D eigenvalue weighted by Gasteiger charge is -2.34. The molecule has 1 atom stereocenters. The molecule has 88 valence electrons. The molecule has 1 aliphatic rings. The molecule has 1 aliphatic heterocycles. The van der Waals surface area contributed by atoms with E-state index in [0.717, 1.165) is 13.0 Å². The Morgan fingerprint density at radius 1 is 1.06 bits per heavy atom. The molecule has 1 unspecified atom stereocenters. The van der Waals surface area contributed by atoms with E-state index in [1.807, 2.05) is 0 Å². The first-order valence-corrected chi connectivity index (χ1v) is 6.38. The van der Waals surface area contributed by atoms with Gasteiger partial charge in [0.15, 0.2) is 0 Å². The topological polar surface area (TPSA) is 29.3 Å². The van der Waals surface area contributed by atoms with Crippen LogP contribution < -0.4 is 5.73 Å². The van der Waals surface area contributed by atoms with E-state index in [1.54, 1.807) is 0 Å². The molecule has 1 heterocycles. The molecule has 0 aliphatic carbocycles. The van der Waals surface area contributed by atoms with Crippen LogP contribution in [0.1, 0.15) is 24.8 Å². The number of hydrogen-bond donors (Lipinski definition) is 1. The molecule has 0 spiro atoms. The maximum atomic E-state index is 5.91. The molecular weight excluding hydrogens is 196 g/mol. The molecule has 0 aromatic heterocycles. The number of benzene rings is 1. The van der Waals surface area contributed by atoms with Gasteiger partial charge >= 0.3 is 0 Å². The molecule has 0 saturated carbocycles. The Bertz CT molecular complexity index is 291. The largest absolute Gasteiger partial charge is 0.329 e. The summed E-state index contributed by atoms with van der Waals surface area (Å²) in [7, 11) is 0. The summed E-state index contributed by atoms with van der Waals surface area (Å²) in [5, 5.41) is 0. The first-order valence-electron chi connectivity index (χ1n) is 6.38. The minimum absolute atomic E-state index is 0.530. The Morgan fingerprint density at radius 3 is 2.38 bits per heavy atom. The highest BCUT2D eigenvalue weighted by Gasteiger charge is 2.19. The van der Waals surface area contributed by atoms with E-state index < -0.39 is 0 Å². The molecule has 2 N–H and O–H groups in total. The highest BCUT2D eigenvalue weighted by molar-refractivity contribution is 5.16. The summed E-state index contributed by atoms with van der Waals surface area (Å²) in [6, 6.07) is 11.2. The Morgan fingerprint density at radius 2 is 1.75 bits per heavy atom. The van der Waals surface area contributed by atoms with Gasteiger partial charge < -0.3 is 5.73 Å². The maximum Gasteiger partial charge on any atom is 0.0258 e. The minimum Gasteiger partial charge on any atom is -0.329 e. The van der Waals surface area contributed by atoms with Gasteiger partial charge in [-0.3, -0.25) is 4.90 Å². The zero-order valence-corrected chi connectivity index (χ0v) is 9.94. The summed E-state index contributed by atoms with van der Waals surface area (Å²) < 4.78 is 0. The van der Waals surface area contributed by atoms with E-state index in [-0.39, 0.29) is 0 Å². The third-order valence-corrected chi connectivity index (χ3v) is 3.49. The van der Waals surface area contributed by atoms with Gasteiger partial charge in [-0.15, -0.1) is 0 Å². The average Bonchev–Trinajstić information content (AvgIpc) is 2.38. The number of piperidine rings is 1. The lowest BCUT2D eigenvalue weighted by atomic mass is 10.0. The van der Waals surface area contributed by atoms with Crippen molar-refractivity contribution in [1.82, 2.24) is 4.90 Å². The van der Waals surface area contributed by atoms with Gasteiger partial charge in [-0.1, -0.05) is 36.8 Å². The van der Waals surface area contributed by atoms with Crippen LogP contribution in [-0.2, 0) is 6.42 Å². The highest BCUT2D eigenvalue weighted by atomic mass is 15.2. The predicted molar refractivity (Wildman–Crippen MR) is 68.4 cm³/mol. The second-order valence-corrected chi connectivity index (χ2v) is 4.68. The van der Waals surface area contributed by atoms with E-state index in [0.29, 0.717) is 6.04 Å². The van der Waals surface area contributed by atoms with Crippen molar-refractivity contribution in [3.05, 3.63) is 35.9 Å². The fourth-order valence-electron chi connectivity index (χ4n) is 2.53. The van der Waals surface area contributed by atoms with Crippen molar-refractivity contribution < 1.29 is 0 Å². The monoisotopic (exact) mass is 218 g/mol. The summed E-state index contributed by atoms with van der Waals surface area (Å²) in [5.74, 6) is 0. The second kappa shape index (κ2) is 6.02. The molecule has 1 aromatic rings. The van der Waals surface area contributed by atoms with Crippen LogP contribution in [0.3, 0.4) is 0 Å². The van der Waals surface area contributed by atoms with Crippen molar-refractivity contribution in [2.75, 3.05) is 19.6 Å². The number of nitrogens with zero attached hydrogens (tertiary/aromatic N) is 1. The van der Waals surface area contributed by atoms with Crippen LogP contribution in [0.15, 0.2) is 30.3 Å². The van der Waals surface area contributed by atoms with Crippen LogP contribution >= 0.6 is 0 Å². The molecule has 2 nitrogen and oxygen atoms in total. The molecule has 2 rings (SSSR count). The molecule has 1 saturated heterocycles. The van der Waals surface area contributed by atoms with Crippen LogP contribution in [-0.4, -0.2) is 30.6 Å². The molecule has 16 heavy (non-hydrogen) atoms. The van der Waals surface area contributed by atoms with E-state index in [9.17, 15) is 0 Å². The van der Waals surface area contributed by atoms with Gasteiger partial charge in [0.25, 0.3) is 0 Å². The van der Waals surface area contributed by atoms with Crippen LogP contribution in [0.2, 0.25) is 0 Å². The molecule has 1 aromatic carbocycles. The summed E-state index contributed by atoms with van der Waals surface area (Å²) in [4.78, 5) is 2.57. The van der Waals surface area contributed by atoms with Crippen LogP contribution in [0.4, 0.5) is 0 Å². The highest BCUT2D eigenvalue weighted by Crippen LogP contribution is 2.15. The fourth-order valence-corrected chi connectivity index (χ4v) is 2.53. The van der Waals surface area contributed by atoms with E-state index >= 15 is 0 Å². The number of nitrogens with two attached hydrogens (primary N) is 1. The third kappa shape index (κ3) is 3.06. The fraction of sp³-hybridized carbons (Fsp3) is 0.571. The molecule has 0 amide bonds. The van der Waals surface area contributed by atoms with Crippen molar-refractivity contribution in [3.8, 4) is 0 Å². The molecule has 1 fully saturated rings. The van der Waals surface area contributed by atoms with Crippen molar-refractivity contribution in [1.29, 1.82) is 0 Å². The maximum absolute atomic E-state index is 5.91. The smallest absolute Gasteiger partial charge is 0.0258 e. The Labute approximate surface area is 98.4 Å². The molecule has 0 radical (unpaired) electrons. The van der Waals surface area contributed by atoms with Crippen molar-refractivity contribution in [2.45, 2.75) is 31.7 Å². The molecular formula is C14H22N2. The SMILES string of the molecule is NCC(Cc1ccccc1)N1CCCCC1. The van der Waals surface area contributed by atoms with Crippen LogP contribution in [0.5, 0.6) is 0 Å². The summed E-state index contributed by atoms with van der Waals surface area (Å²) in [6.07, 6.45) is 5.16. The zero-order chi connectivity index (χ0) is 11.2. The van der Waals surface area contributed by atoms with Gasteiger partial charge in [-0.25, -0.2) is 0 Å². The lowest BCUT2D eigenvalue weighted by Crippen LogP contribution is -2.44. The van der Waals surface area contributed by atoms with Gasteiger partial charge in [0.1, 0.15) is 0 Å². The Balaban J connectivity index is 1.94.